The van der Waals surface area contributed by atoms with Gasteiger partial charge in [0.15, 0.2) is 0 Å². The zero-order valence-electron chi connectivity index (χ0n) is 9.38. The number of aryl methyl sites for hydroxylation is 1. The summed E-state index contributed by atoms with van der Waals surface area (Å²) in [4.78, 5) is 5.46. The summed E-state index contributed by atoms with van der Waals surface area (Å²) in [6, 6.07) is 5.43. The van der Waals surface area contributed by atoms with E-state index < -0.39 is 12.7 Å². The highest BCUT2D eigenvalue weighted by molar-refractivity contribution is 5.11. The van der Waals surface area contributed by atoms with Crippen LogP contribution >= 0.6 is 0 Å². The van der Waals surface area contributed by atoms with Crippen LogP contribution in [0.4, 0.5) is 13.2 Å². The van der Waals surface area contributed by atoms with Crippen LogP contribution in [-0.4, -0.2) is 29.7 Å². The standard InChI is InChI=1S/C11H15F3N2/c1-3-9-5-4-6-10(15-9)7-16(2)8-11(12,13)14/h4-6H,3,7-8H2,1-2H3. The Labute approximate surface area is 93.1 Å². The molecule has 0 spiro atoms. The van der Waals surface area contributed by atoms with Crippen LogP contribution in [-0.2, 0) is 13.0 Å². The SMILES string of the molecule is CCc1cccc(CN(C)CC(F)(F)F)n1. The van der Waals surface area contributed by atoms with Gasteiger partial charge in [-0.05, 0) is 25.6 Å². The van der Waals surface area contributed by atoms with Crippen molar-refractivity contribution in [2.24, 2.45) is 0 Å². The normalized spacial score (nSPS) is 12.1. The van der Waals surface area contributed by atoms with Gasteiger partial charge in [-0.2, -0.15) is 13.2 Å². The summed E-state index contributed by atoms with van der Waals surface area (Å²) in [6.07, 6.45) is -3.37. The van der Waals surface area contributed by atoms with Crippen LogP contribution in [0, 0.1) is 0 Å². The van der Waals surface area contributed by atoms with Crippen molar-refractivity contribution < 1.29 is 13.2 Å². The molecule has 0 amide bonds. The summed E-state index contributed by atoms with van der Waals surface area (Å²) in [5, 5.41) is 0. The molecular formula is C11H15F3N2. The summed E-state index contributed by atoms with van der Waals surface area (Å²) >= 11 is 0. The minimum atomic E-state index is -4.16. The lowest BCUT2D eigenvalue weighted by Gasteiger charge is -2.18. The molecule has 1 aromatic rings. The maximum Gasteiger partial charge on any atom is 0.401 e. The minimum absolute atomic E-state index is 0.216. The van der Waals surface area contributed by atoms with Gasteiger partial charge in [0.25, 0.3) is 0 Å². The van der Waals surface area contributed by atoms with Gasteiger partial charge in [0.05, 0.1) is 12.2 Å². The average molecular weight is 232 g/mol. The lowest BCUT2D eigenvalue weighted by atomic mass is 10.2. The van der Waals surface area contributed by atoms with E-state index in [-0.39, 0.29) is 6.54 Å². The van der Waals surface area contributed by atoms with E-state index in [9.17, 15) is 13.2 Å². The molecule has 1 rings (SSSR count). The molecule has 0 fully saturated rings. The first kappa shape index (κ1) is 13.0. The van der Waals surface area contributed by atoms with Crippen molar-refractivity contribution in [2.45, 2.75) is 26.1 Å². The van der Waals surface area contributed by atoms with Gasteiger partial charge in [-0.25, -0.2) is 0 Å². The topological polar surface area (TPSA) is 16.1 Å². The fraction of sp³-hybridized carbons (Fsp3) is 0.545. The first-order valence-electron chi connectivity index (χ1n) is 5.11. The Morgan fingerprint density at radius 3 is 2.44 bits per heavy atom. The first-order chi connectivity index (χ1) is 7.40. The van der Waals surface area contributed by atoms with Gasteiger partial charge in [-0.15, -0.1) is 0 Å². The van der Waals surface area contributed by atoms with E-state index in [1.54, 1.807) is 6.07 Å². The average Bonchev–Trinajstić information content (AvgIpc) is 2.15. The Kier molecular flexibility index (Phi) is 4.29. The number of alkyl halides is 3. The van der Waals surface area contributed by atoms with Crippen molar-refractivity contribution in [3.63, 3.8) is 0 Å². The smallest absolute Gasteiger partial charge is 0.292 e. The van der Waals surface area contributed by atoms with Gasteiger partial charge in [0, 0.05) is 12.2 Å². The molecular weight excluding hydrogens is 217 g/mol. The number of pyridine rings is 1. The number of rotatable bonds is 4. The summed E-state index contributed by atoms with van der Waals surface area (Å²) < 4.78 is 36.3. The summed E-state index contributed by atoms with van der Waals surface area (Å²) in [5.41, 5.74) is 1.57. The molecule has 0 saturated carbocycles. The highest BCUT2D eigenvalue weighted by Gasteiger charge is 2.29. The Balaban J connectivity index is 2.59. The summed E-state index contributed by atoms with van der Waals surface area (Å²) in [7, 11) is 1.44. The monoisotopic (exact) mass is 232 g/mol. The third-order valence-electron chi connectivity index (χ3n) is 2.11. The van der Waals surface area contributed by atoms with Crippen LogP contribution in [0.2, 0.25) is 0 Å². The molecule has 0 aromatic carbocycles. The zero-order valence-corrected chi connectivity index (χ0v) is 9.38. The molecule has 0 aliphatic carbocycles. The van der Waals surface area contributed by atoms with Crippen LogP contribution < -0.4 is 0 Å². The maximum atomic E-state index is 12.1. The molecule has 90 valence electrons. The highest BCUT2D eigenvalue weighted by Crippen LogP contribution is 2.16. The molecule has 0 unspecified atom stereocenters. The van der Waals surface area contributed by atoms with E-state index in [4.69, 9.17) is 0 Å². The second-order valence-corrected chi connectivity index (χ2v) is 3.76. The predicted molar refractivity (Wildman–Crippen MR) is 56.0 cm³/mol. The van der Waals surface area contributed by atoms with Gasteiger partial charge < -0.3 is 0 Å². The van der Waals surface area contributed by atoms with Crippen LogP contribution in [0.5, 0.6) is 0 Å². The summed E-state index contributed by atoms with van der Waals surface area (Å²) in [5.74, 6) is 0. The van der Waals surface area contributed by atoms with Gasteiger partial charge in [0.2, 0.25) is 0 Å². The number of nitrogens with zero attached hydrogens (tertiary/aromatic N) is 2. The van der Waals surface area contributed by atoms with Gasteiger partial charge >= 0.3 is 6.18 Å². The van der Waals surface area contributed by atoms with Crippen molar-refractivity contribution >= 4 is 0 Å². The van der Waals surface area contributed by atoms with Crippen LogP contribution in [0.15, 0.2) is 18.2 Å². The molecule has 0 saturated heterocycles. The quantitative estimate of drug-likeness (QED) is 0.793. The minimum Gasteiger partial charge on any atom is -0.292 e. The second-order valence-electron chi connectivity index (χ2n) is 3.76. The van der Waals surface area contributed by atoms with E-state index in [0.717, 1.165) is 12.1 Å². The molecule has 16 heavy (non-hydrogen) atoms. The molecule has 1 heterocycles. The van der Waals surface area contributed by atoms with Crippen molar-refractivity contribution in [1.82, 2.24) is 9.88 Å². The second kappa shape index (κ2) is 5.30. The lowest BCUT2D eigenvalue weighted by molar-refractivity contribution is -0.144. The Hall–Kier alpha value is -1.10. The highest BCUT2D eigenvalue weighted by atomic mass is 19.4. The van der Waals surface area contributed by atoms with Crippen molar-refractivity contribution in [2.75, 3.05) is 13.6 Å². The van der Waals surface area contributed by atoms with Gasteiger partial charge in [-0.3, -0.25) is 9.88 Å². The number of hydrogen-bond acceptors (Lipinski definition) is 2. The molecule has 0 radical (unpaired) electrons. The van der Waals surface area contributed by atoms with E-state index >= 15 is 0 Å². The van der Waals surface area contributed by atoms with Crippen LogP contribution in [0.1, 0.15) is 18.3 Å². The molecule has 0 aliphatic rings. The Bertz CT molecular complexity index is 336. The van der Waals surface area contributed by atoms with Crippen LogP contribution in [0.3, 0.4) is 0 Å². The van der Waals surface area contributed by atoms with Gasteiger partial charge in [0.1, 0.15) is 0 Å². The Morgan fingerprint density at radius 1 is 1.25 bits per heavy atom. The molecule has 0 bridgehead atoms. The van der Waals surface area contributed by atoms with E-state index in [1.807, 2.05) is 19.1 Å². The molecule has 0 aliphatic heterocycles. The lowest BCUT2D eigenvalue weighted by Crippen LogP contribution is -2.30. The largest absolute Gasteiger partial charge is 0.401 e. The van der Waals surface area contributed by atoms with E-state index in [2.05, 4.69) is 4.98 Å². The molecule has 5 heteroatoms. The zero-order chi connectivity index (χ0) is 12.2. The predicted octanol–water partition coefficient (Wildman–Crippen LogP) is 2.64. The van der Waals surface area contributed by atoms with Crippen LogP contribution in [0.25, 0.3) is 0 Å². The third-order valence-corrected chi connectivity index (χ3v) is 2.11. The first-order valence-corrected chi connectivity index (χ1v) is 5.11. The molecule has 2 nitrogen and oxygen atoms in total. The fourth-order valence-corrected chi connectivity index (χ4v) is 1.45. The van der Waals surface area contributed by atoms with E-state index in [0.29, 0.717) is 5.69 Å². The maximum absolute atomic E-state index is 12.1. The fourth-order valence-electron chi connectivity index (χ4n) is 1.45. The van der Waals surface area contributed by atoms with Crippen molar-refractivity contribution in [3.05, 3.63) is 29.6 Å². The van der Waals surface area contributed by atoms with Gasteiger partial charge in [-0.1, -0.05) is 13.0 Å². The third kappa shape index (κ3) is 4.61. The summed E-state index contributed by atoms with van der Waals surface area (Å²) in [6.45, 7) is 1.27. The van der Waals surface area contributed by atoms with Crippen molar-refractivity contribution in [1.29, 1.82) is 0 Å². The van der Waals surface area contributed by atoms with E-state index in [1.165, 1.54) is 11.9 Å². The number of hydrogen-bond donors (Lipinski definition) is 0. The molecule has 1 aromatic heterocycles. The molecule has 0 atom stereocenters. The number of halogens is 3. The number of aromatic nitrogens is 1. The van der Waals surface area contributed by atoms with Crippen molar-refractivity contribution in [3.8, 4) is 0 Å². The Morgan fingerprint density at radius 2 is 1.88 bits per heavy atom. The molecule has 0 N–H and O–H groups in total.